The fourth-order valence-corrected chi connectivity index (χ4v) is 4.10. The number of sulfonamides is 1. The van der Waals surface area contributed by atoms with Gasteiger partial charge < -0.3 is 24.3 Å². The van der Waals surface area contributed by atoms with Crippen LogP contribution in [-0.2, 0) is 21.2 Å². The molecule has 1 amide bonds. The fraction of sp³-hybridized carbons (Fsp3) is 0.435. The van der Waals surface area contributed by atoms with Crippen LogP contribution in [-0.4, -0.2) is 54.8 Å². The number of hydrogen-bond donors (Lipinski definition) is 2. The van der Waals surface area contributed by atoms with Crippen molar-refractivity contribution in [2.24, 2.45) is 0 Å². The Bertz CT molecular complexity index is 1030. The van der Waals surface area contributed by atoms with Gasteiger partial charge in [-0.2, -0.15) is 0 Å². The number of benzene rings is 2. The van der Waals surface area contributed by atoms with E-state index in [2.05, 4.69) is 10.0 Å². The molecule has 0 aliphatic carbocycles. The molecule has 2 N–H and O–H groups in total. The summed E-state index contributed by atoms with van der Waals surface area (Å²) in [6.07, 6.45) is 0.621. The Morgan fingerprint density at radius 3 is 2.18 bits per heavy atom. The summed E-state index contributed by atoms with van der Waals surface area (Å²) in [6.45, 7) is 5.28. The van der Waals surface area contributed by atoms with Gasteiger partial charge in [-0.3, -0.25) is 4.79 Å². The number of amides is 1. The molecule has 182 valence electrons. The zero-order valence-electron chi connectivity index (χ0n) is 19.5. The van der Waals surface area contributed by atoms with Gasteiger partial charge in [-0.05, 0) is 50.1 Å². The van der Waals surface area contributed by atoms with E-state index in [-0.39, 0.29) is 23.8 Å². The Morgan fingerprint density at radius 2 is 1.52 bits per heavy atom. The Hall–Kier alpha value is -2.98. The van der Waals surface area contributed by atoms with Crippen molar-refractivity contribution in [3.05, 3.63) is 42.0 Å². The summed E-state index contributed by atoms with van der Waals surface area (Å²) in [7, 11) is -0.891. The first kappa shape index (κ1) is 26.3. The maximum absolute atomic E-state index is 12.5. The number of carbonyl (C=O) groups is 1. The normalized spacial score (nSPS) is 11.0. The highest BCUT2D eigenvalue weighted by molar-refractivity contribution is 7.89. The summed E-state index contributed by atoms with van der Waals surface area (Å²) in [6, 6.07) is 9.98. The first-order valence-electron chi connectivity index (χ1n) is 10.7. The SMILES string of the molecule is CCOc1ccc(CCNC(=O)CCNS(=O)(=O)c2ccc(OC)c(OC)c2)cc1OCC. The van der Waals surface area contributed by atoms with Gasteiger partial charge in [0, 0.05) is 25.6 Å². The topological polar surface area (TPSA) is 112 Å². The lowest BCUT2D eigenvalue weighted by Gasteiger charge is -2.13. The highest BCUT2D eigenvalue weighted by atomic mass is 32.2. The molecule has 2 rings (SSSR count). The minimum Gasteiger partial charge on any atom is -0.493 e. The van der Waals surface area contributed by atoms with Gasteiger partial charge in [-0.25, -0.2) is 13.1 Å². The molecule has 0 fully saturated rings. The third-order valence-corrected chi connectivity index (χ3v) is 6.11. The molecule has 10 heteroatoms. The van der Waals surface area contributed by atoms with E-state index < -0.39 is 10.0 Å². The van der Waals surface area contributed by atoms with Gasteiger partial charge in [0.05, 0.1) is 32.3 Å². The van der Waals surface area contributed by atoms with E-state index in [4.69, 9.17) is 18.9 Å². The fourth-order valence-electron chi connectivity index (χ4n) is 3.05. The van der Waals surface area contributed by atoms with E-state index >= 15 is 0 Å². The van der Waals surface area contributed by atoms with Crippen molar-refractivity contribution in [3.8, 4) is 23.0 Å². The Morgan fingerprint density at radius 1 is 0.848 bits per heavy atom. The summed E-state index contributed by atoms with van der Waals surface area (Å²) in [5, 5.41) is 2.80. The molecule has 0 spiro atoms. The second-order valence-corrected chi connectivity index (χ2v) is 8.68. The average molecular weight is 481 g/mol. The molecular formula is C23H32N2O7S. The van der Waals surface area contributed by atoms with Crippen LogP contribution in [0.15, 0.2) is 41.3 Å². The Balaban J connectivity index is 1.82. The van der Waals surface area contributed by atoms with Gasteiger partial charge in [0.2, 0.25) is 15.9 Å². The molecule has 0 bridgehead atoms. The molecule has 0 heterocycles. The van der Waals surface area contributed by atoms with Gasteiger partial charge in [0.15, 0.2) is 23.0 Å². The van der Waals surface area contributed by atoms with Crippen molar-refractivity contribution < 1.29 is 32.2 Å². The highest BCUT2D eigenvalue weighted by Crippen LogP contribution is 2.30. The van der Waals surface area contributed by atoms with E-state index in [9.17, 15) is 13.2 Å². The van der Waals surface area contributed by atoms with Crippen LogP contribution in [0.1, 0.15) is 25.8 Å². The number of hydrogen-bond acceptors (Lipinski definition) is 7. The van der Waals surface area contributed by atoms with E-state index in [1.165, 1.54) is 32.4 Å². The second kappa shape index (κ2) is 12.9. The van der Waals surface area contributed by atoms with Crippen LogP contribution in [0.2, 0.25) is 0 Å². The standard InChI is InChI=1S/C23H32N2O7S/c1-5-31-20-9-7-17(15-22(20)32-6-2)11-13-24-23(26)12-14-25-33(27,28)18-8-10-19(29-3)21(16-18)30-4/h7-10,15-16,25H,5-6,11-14H2,1-4H3,(H,24,26). The largest absolute Gasteiger partial charge is 0.493 e. The smallest absolute Gasteiger partial charge is 0.240 e. The number of rotatable bonds is 14. The monoisotopic (exact) mass is 480 g/mol. The van der Waals surface area contributed by atoms with Crippen LogP contribution in [0.5, 0.6) is 23.0 Å². The van der Waals surface area contributed by atoms with Gasteiger partial charge in [0.25, 0.3) is 0 Å². The summed E-state index contributed by atoms with van der Waals surface area (Å²) in [5.74, 6) is 1.85. The van der Waals surface area contributed by atoms with Crippen molar-refractivity contribution in [1.82, 2.24) is 10.0 Å². The number of carbonyl (C=O) groups excluding carboxylic acids is 1. The molecule has 0 aliphatic heterocycles. The third kappa shape index (κ3) is 7.83. The lowest BCUT2D eigenvalue weighted by Crippen LogP contribution is -2.31. The van der Waals surface area contributed by atoms with Gasteiger partial charge in [0.1, 0.15) is 0 Å². The summed E-state index contributed by atoms with van der Waals surface area (Å²) in [4.78, 5) is 12.1. The minimum absolute atomic E-state index is 0.0139. The van der Waals surface area contributed by atoms with E-state index in [1.54, 1.807) is 0 Å². The molecule has 0 saturated heterocycles. The maximum atomic E-state index is 12.5. The van der Waals surface area contributed by atoms with Crippen LogP contribution in [0.3, 0.4) is 0 Å². The predicted octanol–water partition coefficient (Wildman–Crippen LogP) is 2.53. The maximum Gasteiger partial charge on any atom is 0.240 e. The summed E-state index contributed by atoms with van der Waals surface area (Å²) < 4.78 is 48.8. The van der Waals surface area contributed by atoms with Crippen LogP contribution < -0.4 is 29.0 Å². The number of methoxy groups -OCH3 is 2. The van der Waals surface area contributed by atoms with Crippen molar-refractivity contribution >= 4 is 15.9 Å². The molecule has 2 aromatic rings. The summed E-state index contributed by atoms with van der Waals surface area (Å²) in [5.41, 5.74) is 0.997. The zero-order valence-corrected chi connectivity index (χ0v) is 20.3. The molecular weight excluding hydrogens is 448 g/mol. The summed E-state index contributed by atoms with van der Waals surface area (Å²) >= 11 is 0. The molecule has 9 nitrogen and oxygen atoms in total. The van der Waals surface area contributed by atoms with Crippen molar-refractivity contribution in [1.29, 1.82) is 0 Å². The van der Waals surface area contributed by atoms with E-state index in [1.807, 2.05) is 32.0 Å². The Labute approximate surface area is 195 Å². The highest BCUT2D eigenvalue weighted by Gasteiger charge is 2.17. The minimum atomic E-state index is -3.79. The molecule has 0 unspecified atom stereocenters. The Kier molecular flexibility index (Phi) is 10.3. The number of nitrogens with one attached hydrogen (secondary N) is 2. The molecule has 33 heavy (non-hydrogen) atoms. The van der Waals surface area contributed by atoms with E-state index in [0.717, 1.165) is 5.56 Å². The quantitative estimate of drug-likeness (QED) is 0.427. The van der Waals surface area contributed by atoms with Gasteiger partial charge in [-0.1, -0.05) is 6.07 Å². The van der Waals surface area contributed by atoms with Crippen LogP contribution in [0, 0.1) is 0 Å². The lowest BCUT2D eigenvalue weighted by atomic mass is 10.1. The molecule has 2 aromatic carbocycles. The molecule has 0 radical (unpaired) electrons. The van der Waals surface area contributed by atoms with Crippen LogP contribution >= 0.6 is 0 Å². The van der Waals surface area contributed by atoms with E-state index in [0.29, 0.717) is 49.2 Å². The third-order valence-electron chi connectivity index (χ3n) is 4.65. The lowest BCUT2D eigenvalue weighted by molar-refractivity contribution is -0.120. The van der Waals surface area contributed by atoms with Crippen molar-refractivity contribution in [2.45, 2.75) is 31.6 Å². The predicted molar refractivity (Wildman–Crippen MR) is 125 cm³/mol. The van der Waals surface area contributed by atoms with Gasteiger partial charge >= 0.3 is 0 Å². The van der Waals surface area contributed by atoms with Crippen LogP contribution in [0.4, 0.5) is 0 Å². The molecule has 0 aromatic heterocycles. The average Bonchev–Trinajstić information content (AvgIpc) is 2.80. The second-order valence-electron chi connectivity index (χ2n) is 6.91. The molecule has 0 atom stereocenters. The number of ether oxygens (including phenoxy) is 4. The molecule has 0 saturated carbocycles. The van der Waals surface area contributed by atoms with Crippen LogP contribution in [0.25, 0.3) is 0 Å². The van der Waals surface area contributed by atoms with Crippen molar-refractivity contribution in [3.63, 3.8) is 0 Å². The zero-order chi connectivity index (χ0) is 24.3. The first-order chi connectivity index (χ1) is 15.8. The first-order valence-corrected chi connectivity index (χ1v) is 12.2. The molecule has 0 aliphatic rings. The van der Waals surface area contributed by atoms with Gasteiger partial charge in [-0.15, -0.1) is 0 Å². The van der Waals surface area contributed by atoms with Crippen molar-refractivity contribution in [2.75, 3.05) is 40.5 Å².